The Labute approximate surface area is 111 Å². The number of carbonyl (C=O) groups is 1. The van der Waals surface area contributed by atoms with Crippen molar-refractivity contribution in [2.24, 2.45) is 0 Å². The number of H-pyrrole nitrogens is 1. The van der Waals surface area contributed by atoms with E-state index in [1.807, 2.05) is 18.2 Å². The Morgan fingerprint density at radius 3 is 2.84 bits per heavy atom. The number of esters is 1. The van der Waals surface area contributed by atoms with Gasteiger partial charge in [0, 0.05) is 18.0 Å². The van der Waals surface area contributed by atoms with Crippen molar-refractivity contribution in [3.8, 4) is 5.75 Å². The van der Waals surface area contributed by atoms with Gasteiger partial charge in [-0.1, -0.05) is 0 Å². The Bertz CT molecular complexity index is 562. The number of rotatable bonds is 6. The van der Waals surface area contributed by atoms with Crippen molar-refractivity contribution in [3.05, 3.63) is 30.0 Å². The zero-order chi connectivity index (χ0) is 13.7. The van der Waals surface area contributed by atoms with Crippen LogP contribution in [-0.4, -0.2) is 37.9 Å². The first-order valence-electron chi connectivity index (χ1n) is 6.16. The van der Waals surface area contributed by atoms with Gasteiger partial charge in [0.1, 0.15) is 18.1 Å². The van der Waals surface area contributed by atoms with Gasteiger partial charge in [0.05, 0.1) is 13.2 Å². The topological polar surface area (TPSA) is 60.6 Å². The second kappa shape index (κ2) is 6.24. The quantitative estimate of drug-likeness (QED) is 0.642. The fourth-order valence-corrected chi connectivity index (χ4v) is 1.76. The van der Waals surface area contributed by atoms with E-state index in [0.29, 0.717) is 25.5 Å². The van der Waals surface area contributed by atoms with Crippen LogP contribution >= 0.6 is 0 Å². The molecule has 0 atom stereocenters. The molecule has 0 unspecified atom stereocenters. The van der Waals surface area contributed by atoms with E-state index in [1.54, 1.807) is 20.1 Å². The summed E-state index contributed by atoms with van der Waals surface area (Å²) in [5.41, 5.74) is 1.33. The van der Waals surface area contributed by atoms with Crippen molar-refractivity contribution in [1.29, 1.82) is 0 Å². The first kappa shape index (κ1) is 13.4. The number of nitrogens with one attached hydrogen (secondary N) is 1. The van der Waals surface area contributed by atoms with Gasteiger partial charge in [-0.3, -0.25) is 0 Å². The average molecular weight is 263 g/mol. The van der Waals surface area contributed by atoms with E-state index in [-0.39, 0.29) is 5.97 Å². The second-order valence-corrected chi connectivity index (χ2v) is 3.99. The molecule has 1 N–H and O–H groups in total. The molecule has 0 saturated carbocycles. The maximum atomic E-state index is 11.6. The van der Waals surface area contributed by atoms with E-state index in [9.17, 15) is 4.79 Å². The molecule has 2 aromatic rings. The van der Waals surface area contributed by atoms with Crippen LogP contribution in [0.4, 0.5) is 0 Å². The highest BCUT2D eigenvalue weighted by Gasteiger charge is 2.10. The van der Waals surface area contributed by atoms with Crippen LogP contribution < -0.4 is 4.74 Å². The van der Waals surface area contributed by atoms with E-state index in [0.717, 1.165) is 16.7 Å². The summed E-state index contributed by atoms with van der Waals surface area (Å²) < 4.78 is 15.4. The summed E-state index contributed by atoms with van der Waals surface area (Å²) in [4.78, 5) is 14.6. The van der Waals surface area contributed by atoms with Crippen molar-refractivity contribution >= 4 is 16.9 Å². The number of ether oxygens (including phenoxy) is 3. The van der Waals surface area contributed by atoms with Crippen LogP contribution in [-0.2, 0) is 9.47 Å². The van der Waals surface area contributed by atoms with Gasteiger partial charge < -0.3 is 19.2 Å². The van der Waals surface area contributed by atoms with Gasteiger partial charge in [0.25, 0.3) is 0 Å². The molecule has 0 aliphatic heterocycles. The number of aromatic amines is 1. The summed E-state index contributed by atoms with van der Waals surface area (Å²) in [6.45, 7) is 3.18. The first-order valence-corrected chi connectivity index (χ1v) is 6.16. The van der Waals surface area contributed by atoms with Crippen LogP contribution in [0.1, 0.15) is 17.4 Å². The number of benzene rings is 1. The molecular weight excluding hydrogens is 246 g/mol. The Kier molecular flexibility index (Phi) is 4.41. The highest BCUT2D eigenvalue weighted by Crippen LogP contribution is 2.22. The van der Waals surface area contributed by atoms with Crippen molar-refractivity contribution in [1.82, 2.24) is 4.98 Å². The van der Waals surface area contributed by atoms with Gasteiger partial charge in [0.2, 0.25) is 0 Å². The molecule has 0 spiro atoms. The van der Waals surface area contributed by atoms with E-state index >= 15 is 0 Å². The molecule has 102 valence electrons. The summed E-state index contributed by atoms with van der Waals surface area (Å²) in [5, 5.41) is 0.915. The maximum Gasteiger partial charge on any atom is 0.354 e. The molecular formula is C14H17NO4. The highest BCUT2D eigenvalue weighted by molar-refractivity contribution is 5.95. The fraction of sp³-hybridized carbons (Fsp3) is 0.357. The number of carbonyl (C=O) groups excluding carboxylic acids is 1. The van der Waals surface area contributed by atoms with Crippen LogP contribution in [0.3, 0.4) is 0 Å². The third-order valence-corrected chi connectivity index (χ3v) is 2.64. The van der Waals surface area contributed by atoms with Gasteiger partial charge in [-0.2, -0.15) is 0 Å². The largest absolute Gasteiger partial charge is 0.491 e. The van der Waals surface area contributed by atoms with Crippen LogP contribution in [0, 0.1) is 0 Å². The molecule has 0 bridgehead atoms. The SMILES string of the molecule is CCOC(=O)c1cc2cc(OCCOC)ccc2[nH]1. The van der Waals surface area contributed by atoms with Crippen LogP contribution in [0.15, 0.2) is 24.3 Å². The summed E-state index contributed by atoms with van der Waals surface area (Å²) in [6, 6.07) is 7.37. The summed E-state index contributed by atoms with van der Waals surface area (Å²) in [5.74, 6) is 0.402. The minimum atomic E-state index is -0.347. The number of methoxy groups -OCH3 is 1. The monoisotopic (exact) mass is 263 g/mol. The number of hydrogen-bond acceptors (Lipinski definition) is 4. The van der Waals surface area contributed by atoms with Gasteiger partial charge in [-0.25, -0.2) is 4.79 Å². The molecule has 0 amide bonds. The zero-order valence-corrected chi connectivity index (χ0v) is 11.1. The van der Waals surface area contributed by atoms with E-state index in [2.05, 4.69) is 4.98 Å². The molecule has 0 fully saturated rings. The molecule has 0 saturated heterocycles. The number of aromatic nitrogens is 1. The van der Waals surface area contributed by atoms with Crippen molar-refractivity contribution in [2.45, 2.75) is 6.92 Å². The van der Waals surface area contributed by atoms with Gasteiger partial charge >= 0.3 is 5.97 Å². The van der Waals surface area contributed by atoms with E-state index in [1.165, 1.54) is 0 Å². The molecule has 2 rings (SSSR count). The zero-order valence-electron chi connectivity index (χ0n) is 11.1. The van der Waals surface area contributed by atoms with Gasteiger partial charge in [0.15, 0.2) is 0 Å². The lowest BCUT2D eigenvalue weighted by Gasteiger charge is -2.04. The molecule has 5 heteroatoms. The van der Waals surface area contributed by atoms with Crippen LogP contribution in [0.25, 0.3) is 10.9 Å². The molecule has 0 aliphatic rings. The first-order chi connectivity index (χ1) is 9.24. The normalized spacial score (nSPS) is 10.6. The van der Waals surface area contributed by atoms with E-state index < -0.39 is 0 Å². The third-order valence-electron chi connectivity index (χ3n) is 2.64. The van der Waals surface area contributed by atoms with Gasteiger partial charge in [-0.05, 0) is 31.2 Å². The molecule has 1 heterocycles. The molecule has 0 radical (unpaired) electrons. The predicted molar refractivity (Wildman–Crippen MR) is 71.6 cm³/mol. The molecule has 1 aromatic heterocycles. The Hall–Kier alpha value is -2.01. The lowest BCUT2D eigenvalue weighted by Crippen LogP contribution is -2.04. The van der Waals surface area contributed by atoms with Crippen molar-refractivity contribution in [3.63, 3.8) is 0 Å². The van der Waals surface area contributed by atoms with E-state index in [4.69, 9.17) is 14.2 Å². The molecule has 5 nitrogen and oxygen atoms in total. The lowest BCUT2D eigenvalue weighted by molar-refractivity contribution is 0.0520. The second-order valence-electron chi connectivity index (χ2n) is 3.99. The maximum absolute atomic E-state index is 11.6. The smallest absolute Gasteiger partial charge is 0.354 e. The number of fused-ring (bicyclic) bond motifs is 1. The predicted octanol–water partition coefficient (Wildman–Crippen LogP) is 2.37. The average Bonchev–Trinajstić information content (AvgIpc) is 2.82. The standard InChI is InChI=1S/C14H17NO4/c1-3-18-14(16)13-9-10-8-11(19-7-6-17-2)4-5-12(10)15-13/h4-5,8-9,15H,3,6-7H2,1-2H3. The Morgan fingerprint density at radius 2 is 2.11 bits per heavy atom. The summed E-state index contributed by atoms with van der Waals surface area (Å²) >= 11 is 0. The summed E-state index contributed by atoms with van der Waals surface area (Å²) in [7, 11) is 1.63. The van der Waals surface area contributed by atoms with Crippen molar-refractivity contribution < 1.29 is 19.0 Å². The Morgan fingerprint density at radius 1 is 1.26 bits per heavy atom. The minimum absolute atomic E-state index is 0.347. The number of hydrogen-bond donors (Lipinski definition) is 1. The highest BCUT2D eigenvalue weighted by atomic mass is 16.5. The minimum Gasteiger partial charge on any atom is -0.491 e. The lowest BCUT2D eigenvalue weighted by atomic mass is 10.2. The Balaban J connectivity index is 2.16. The van der Waals surface area contributed by atoms with Crippen LogP contribution in [0.5, 0.6) is 5.75 Å². The molecule has 0 aliphatic carbocycles. The van der Waals surface area contributed by atoms with Crippen LogP contribution in [0.2, 0.25) is 0 Å². The molecule has 19 heavy (non-hydrogen) atoms. The fourth-order valence-electron chi connectivity index (χ4n) is 1.76. The summed E-state index contributed by atoms with van der Waals surface area (Å²) in [6.07, 6.45) is 0. The van der Waals surface area contributed by atoms with Gasteiger partial charge in [-0.15, -0.1) is 0 Å². The third kappa shape index (κ3) is 3.26. The van der Waals surface area contributed by atoms with Crippen molar-refractivity contribution in [2.75, 3.05) is 26.9 Å². The molecule has 1 aromatic carbocycles.